The van der Waals surface area contributed by atoms with Gasteiger partial charge in [0.05, 0.1) is 10.2 Å². The van der Waals surface area contributed by atoms with Gasteiger partial charge >= 0.3 is 4.87 Å². The number of rotatable bonds is 2. The molecule has 0 bridgehead atoms. The molecule has 0 spiro atoms. The predicted molar refractivity (Wildman–Crippen MR) is 93.2 cm³/mol. The van der Waals surface area contributed by atoms with Gasteiger partial charge in [0.15, 0.2) is 0 Å². The summed E-state index contributed by atoms with van der Waals surface area (Å²) in [5.41, 5.74) is 3.02. The minimum absolute atomic E-state index is 0.0252. The number of fused-ring (bicyclic) bond motifs is 2. The van der Waals surface area contributed by atoms with E-state index in [0.717, 1.165) is 28.7 Å². The van der Waals surface area contributed by atoms with Crippen LogP contribution in [0.3, 0.4) is 0 Å². The van der Waals surface area contributed by atoms with Crippen LogP contribution in [0.2, 0.25) is 0 Å². The predicted octanol–water partition coefficient (Wildman–Crippen LogP) is 3.04. The van der Waals surface area contributed by atoms with Gasteiger partial charge in [-0.05, 0) is 36.6 Å². The lowest BCUT2D eigenvalue weighted by molar-refractivity contribution is -0.119. The van der Waals surface area contributed by atoms with E-state index in [-0.39, 0.29) is 17.3 Å². The molecule has 116 valence electrons. The van der Waals surface area contributed by atoms with Crippen molar-refractivity contribution in [2.75, 3.05) is 11.4 Å². The van der Waals surface area contributed by atoms with E-state index < -0.39 is 0 Å². The number of aryl methyl sites for hydroxylation is 1. The van der Waals surface area contributed by atoms with E-state index in [1.54, 1.807) is 4.57 Å². The molecule has 0 radical (unpaired) electrons. The Labute approximate surface area is 137 Å². The monoisotopic (exact) mass is 324 g/mol. The molecule has 4 rings (SSSR count). The molecule has 0 N–H and O–H groups in total. The van der Waals surface area contributed by atoms with E-state index in [1.807, 2.05) is 47.4 Å². The Balaban J connectivity index is 1.68. The average molecular weight is 324 g/mol. The summed E-state index contributed by atoms with van der Waals surface area (Å²) in [6.07, 6.45) is 1.96. The third-order valence-electron chi connectivity index (χ3n) is 4.28. The fourth-order valence-electron chi connectivity index (χ4n) is 3.18. The van der Waals surface area contributed by atoms with Crippen molar-refractivity contribution in [1.82, 2.24) is 4.57 Å². The highest BCUT2D eigenvalue weighted by molar-refractivity contribution is 7.16. The van der Waals surface area contributed by atoms with Crippen molar-refractivity contribution in [3.63, 3.8) is 0 Å². The van der Waals surface area contributed by atoms with Crippen LogP contribution in [0, 0.1) is 0 Å². The summed E-state index contributed by atoms with van der Waals surface area (Å²) < 4.78 is 2.50. The van der Waals surface area contributed by atoms with Gasteiger partial charge in [-0.25, -0.2) is 0 Å². The molecule has 0 aliphatic carbocycles. The van der Waals surface area contributed by atoms with Crippen LogP contribution in [0.1, 0.15) is 12.0 Å². The van der Waals surface area contributed by atoms with Crippen LogP contribution in [0.25, 0.3) is 10.2 Å². The number of anilines is 1. The lowest BCUT2D eigenvalue weighted by Gasteiger charge is -2.29. The number of thiazole rings is 1. The topological polar surface area (TPSA) is 42.3 Å². The summed E-state index contributed by atoms with van der Waals surface area (Å²) in [5, 5.41) is 0. The standard InChI is InChI=1S/C18H16N2O2S/c21-17(19-11-5-7-13-6-1-2-8-14(13)19)12-20-15-9-3-4-10-16(15)23-18(20)22/h1-4,6,8-10H,5,7,11-12H2. The smallest absolute Gasteiger partial charge is 0.308 e. The van der Waals surface area contributed by atoms with Gasteiger partial charge in [-0.1, -0.05) is 41.7 Å². The summed E-state index contributed by atoms with van der Waals surface area (Å²) >= 11 is 1.19. The Bertz CT molecular complexity index is 941. The van der Waals surface area contributed by atoms with E-state index >= 15 is 0 Å². The molecule has 4 nitrogen and oxygen atoms in total. The van der Waals surface area contributed by atoms with Crippen LogP contribution in [0.4, 0.5) is 5.69 Å². The van der Waals surface area contributed by atoms with E-state index in [9.17, 15) is 9.59 Å². The molecule has 1 aromatic heterocycles. The normalized spacial score (nSPS) is 14.0. The number of amides is 1. The molecule has 0 saturated carbocycles. The largest absolute Gasteiger partial charge is 0.311 e. The molecule has 2 aromatic carbocycles. The molecule has 5 heteroatoms. The Morgan fingerprint density at radius 3 is 2.78 bits per heavy atom. The minimum atomic E-state index is -0.0788. The van der Waals surface area contributed by atoms with Gasteiger partial charge in [-0.15, -0.1) is 0 Å². The third kappa shape index (κ3) is 2.47. The summed E-state index contributed by atoms with van der Waals surface area (Å²) in [5.74, 6) is -0.0252. The zero-order chi connectivity index (χ0) is 15.8. The zero-order valence-electron chi connectivity index (χ0n) is 12.6. The number of aromatic nitrogens is 1. The van der Waals surface area contributed by atoms with Gasteiger partial charge in [-0.2, -0.15) is 0 Å². The van der Waals surface area contributed by atoms with Crippen LogP contribution in [0.5, 0.6) is 0 Å². The van der Waals surface area contributed by atoms with Gasteiger partial charge in [0.1, 0.15) is 6.54 Å². The highest BCUT2D eigenvalue weighted by Gasteiger charge is 2.23. The molecule has 1 aliphatic rings. The molecule has 0 fully saturated rings. The quantitative estimate of drug-likeness (QED) is 0.727. The lowest BCUT2D eigenvalue weighted by atomic mass is 10.0. The SMILES string of the molecule is O=C(Cn1c(=O)sc2ccccc21)N1CCCc2ccccc21. The van der Waals surface area contributed by atoms with Crippen molar-refractivity contribution in [2.24, 2.45) is 0 Å². The number of hydrogen-bond donors (Lipinski definition) is 0. The van der Waals surface area contributed by atoms with E-state index in [4.69, 9.17) is 0 Å². The van der Waals surface area contributed by atoms with E-state index in [2.05, 4.69) is 6.07 Å². The molecule has 1 aliphatic heterocycles. The summed E-state index contributed by atoms with van der Waals surface area (Å²) in [4.78, 5) is 26.7. The first-order chi connectivity index (χ1) is 11.2. The van der Waals surface area contributed by atoms with Gasteiger partial charge in [-0.3, -0.25) is 14.2 Å². The maximum atomic E-state index is 12.8. The molecule has 0 atom stereocenters. The Kier molecular flexibility index (Phi) is 3.50. The second-order valence-electron chi connectivity index (χ2n) is 5.70. The Morgan fingerprint density at radius 1 is 1.09 bits per heavy atom. The van der Waals surface area contributed by atoms with Gasteiger partial charge in [0.25, 0.3) is 0 Å². The maximum Gasteiger partial charge on any atom is 0.308 e. The van der Waals surface area contributed by atoms with Gasteiger partial charge < -0.3 is 4.90 Å². The second kappa shape index (κ2) is 5.66. The average Bonchev–Trinajstić information content (AvgIpc) is 2.90. The maximum absolute atomic E-state index is 12.8. The summed E-state index contributed by atoms with van der Waals surface area (Å²) in [6.45, 7) is 0.809. The molecule has 1 amide bonds. The number of hydrogen-bond acceptors (Lipinski definition) is 3. The zero-order valence-corrected chi connectivity index (χ0v) is 13.4. The van der Waals surface area contributed by atoms with Crippen molar-refractivity contribution in [3.05, 3.63) is 63.8 Å². The number of para-hydroxylation sites is 2. The van der Waals surface area contributed by atoms with Crippen molar-refractivity contribution in [3.8, 4) is 0 Å². The second-order valence-corrected chi connectivity index (χ2v) is 6.69. The fourth-order valence-corrected chi connectivity index (χ4v) is 4.07. The van der Waals surface area contributed by atoms with Crippen molar-refractivity contribution in [2.45, 2.75) is 19.4 Å². The summed E-state index contributed by atoms with van der Waals surface area (Å²) in [6, 6.07) is 15.6. The van der Waals surface area contributed by atoms with Crippen LogP contribution < -0.4 is 9.77 Å². The highest BCUT2D eigenvalue weighted by atomic mass is 32.1. The Morgan fingerprint density at radius 2 is 1.87 bits per heavy atom. The van der Waals surface area contributed by atoms with Crippen LogP contribution in [-0.2, 0) is 17.8 Å². The van der Waals surface area contributed by atoms with Gasteiger partial charge in [0, 0.05) is 12.2 Å². The number of carbonyl (C=O) groups excluding carboxylic acids is 1. The molecule has 3 aromatic rings. The molecule has 0 unspecified atom stereocenters. The van der Waals surface area contributed by atoms with Crippen molar-refractivity contribution in [1.29, 1.82) is 0 Å². The number of benzene rings is 2. The van der Waals surface area contributed by atoms with E-state index in [0.29, 0.717) is 6.54 Å². The minimum Gasteiger partial charge on any atom is -0.311 e. The highest BCUT2D eigenvalue weighted by Crippen LogP contribution is 2.27. The van der Waals surface area contributed by atoms with Crippen LogP contribution in [0.15, 0.2) is 53.3 Å². The van der Waals surface area contributed by atoms with Crippen molar-refractivity contribution < 1.29 is 4.79 Å². The first-order valence-electron chi connectivity index (χ1n) is 7.71. The molecule has 23 heavy (non-hydrogen) atoms. The fraction of sp³-hybridized carbons (Fsp3) is 0.222. The third-order valence-corrected chi connectivity index (χ3v) is 5.24. The molecule has 0 saturated heterocycles. The summed E-state index contributed by atoms with van der Waals surface area (Å²) in [7, 11) is 0. The molecular formula is C18H16N2O2S. The first-order valence-corrected chi connectivity index (χ1v) is 8.52. The molecule has 2 heterocycles. The van der Waals surface area contributed by atoms with Crippen molar-refractivity contribution >= 4 is 33.1 Å². The van der Waals surface area contributed by atoms with Crippen LogP contribution >= 0.6 is 11.3 Å². The first kappa shape index (κ1) is 14.2. The van der Waals surface area contributed by atoms with Crippen LogP contribution in [-0.4, -0.2) is 17.0 Å². The van der Waals surface area contributed by atoms with Gasteiger partial charge in [0.2, 0.25) is 5.91 Å². The number of nitrogens with zero attached hydrogens (tertiary/aromatic N) is 2. The Hall–Kier alpha value is -2.40. The lowest BCUT2D eigenvalue weighted by Crippen LogP contribution is -2.38. The van der Waals surface area contributed by atoms with E-state index in [1.165, 1.54) is 16.9 Å². The number of carbonyl (C=O) groups is 1. The molecular weight excluding hydrogens is 308 g/mol.